The number of phosphoric ester groups is 2. The molecule has 0 saturated heterocycles. The van der Waals surface area contributed by atoms with Gasteiger partial charge in [-0.3, -0.25) is 37.3 Å². The normalized spacial score (nSPS) is 14.3. The lowest BCUT2D eigenvalue weighted by molar-refractivity contribution is -0.161. The van der Waals surface area contributed by atoms with E-state index in [2.05, 4.69) is 48.5 Å². The number of rotatable bonds is 77. The van der Waals surface area contributed by atoms with Crippen molar-refractivity contribution < 1.29 is 80.2 Å². The molecule has 0 heterocycles. The number of esters is 4. The van der Waals surface area contributed by atoms with Crippen molar-refractivity contribution in [1.29, 1.82) is 0 Å². The Labute approximate surface area is 600 Å². The second kappa shape index (κ2) is 69.4. The van der Waals surface area contributed by atoms with Gasteiger partial charge in [0.25, 0.3) is 0 Å². The third kappa shape index (κ3) is 71.1. The lowest BCUT2D eigenvalue weighted by atomic mass is 9.99. The van der Waals surface area contributed by atoms with E-state index in [-0.39, 0.29) is 25.7 Å². The second-order valence-corrected chi connectivity index (χ2v) is 32.6. The summed E-state index contributed by atoms with van der Waals surface area (Å²) in [4.78, 5) is 72.9. The molecule has 0 saturated carbocycles. The first kappa shape index (κ1) is 96.1. The van der Waals surface area contributed by atoms with Crippen LogP contribution in [0.15, 0.2) is 0 Å². The van der Waals surface area contributed by atoms with E-state index >= 15 is 0 Å². The zero-order valence-corrected chi connectivity index (χ0v) is 66.0. The van der Waals surface area contributed by atoms with Gasteiger partial charge in [-0.05, 0) is 43.4 Å². The van der Waals surface area contributed by atoms with E-state index in [1.165, 1.54) is 212 Å². The number of aliphatic hydroxyl groups is 1. The van der Waals surface area contributed by atoms with Crippen LogP contribution in [0.25, 0.3) is 0 Å². The van der Waals surface area contributed by atoms with E-state index in [4.69, 9.17) is 37.0 Å². The third-order valence-electron chi connectivity index (χ3n) is 18.7. The molecule has 0 bridgehead atoms. The maximum atomic E-state index is 13.1. The first-order chi connectivity index (χ1) is 47.3. The van der Waals surface area contributed by atoms with Crippen LogP contribution in [0, 0.1) is 17.8 Å². The fourth-order valence-corrected chi connectivity index (χ4v) is 13.7. The number of hydrogen-bond acceptors (Lipinski definition) is 15. The van der Waals surface area contributed by atoms with Crippen molar-refractivity contribution in [2.45, 2.75) is 426 Å². The van der Waals surface area contributed by atoms with Crippen LogP contribution in [0.5, 0.6) is 0 Å². The van der Waals surface area contributed by atoms with Gasteiger partial charge in [0.2, 0.25) is 0 Å². The maximum Gasteiger partial charge on any atom is 0.472 e. The number of ether oxygens (including phenoxy) is 4. The standard InChI is InChI=1S/C79H154O17P2/c1-8-10-11-12-13-39-46-53-60-76(81)89-66-74(95-78(83)63-56-49-42-35-29-23-17-19-25-31-37-44-51-58-71(5)6)68-93-97(85,86)91-64-73(80)65-92-98(87,88)94-69-75(67-90-77(82)61-54-47-40-33-27-22-16-18-24-30-36-43-50-57-70(3)4)96-79(84)62-55-48-41-34-28-21-15-14-20-26-32-38-45-52-59-72(7)9-2/h70-75,80H,8-69H2,1-7H3,(H,85,86)(H,87,88)/t72?,73-,74+,75+/m0/s1. The van der Waals surface area contributed by atoms with Crippen molar-refractivity contribution in [1.82, 2.24) is 0 Å². The highest BCUT2D eigenvalue weighted by Gasteiger charge is 2.30. The first-order valence-corrected chi connectivity index (χ1v) is 43.9. The summed E-state index contributed by atoms with van der Waals surface area (Å²) in [5.41, 5.74) is 0. The van der Waals surface area contributed by atoms with Crippen molar-refractivity contribution in [2.24, 2.45) is 17.8 Å². The number of unbranched alkanes of at least 4 members (excludes halogenated alkanes) is 44. The Kier molecular flexibility index (Phi) is 68.1. The minimum Gasteiger partial charge on any atom is -0.462 e. The van der Waals surface area contributed by atoms with Gasteiger partial charge in [0.15, 0.2) is 12.2 Å². The third-order valence-corrected chi connectivity index (χ3v) is 20.6. The lowest BCUT2D eigenvalue weighted by Crippen LogP contribution is -2.30. The van der Waals surface area contributed by atoms with Gasteiger partial charge in [-0.2, -0.15) is 0 Å². The maximum absolute atomic E-state index is 13.1. The van der Waals surface area contributed by atoms with E-state index < -0.39 is 97.5 Å². The molecule has 0 aliphatic rings. The van der Waals surface area contributed by atoms with Crippen LogP contribution in [0.1, 0.15) is 408 Å². The predicted molar refractivity (Wildman–Crippen MR) is 400 cm³/mol. The molecule has 0 rings (SSSR count). The van der Waals surface area contributed by atoms with Crippen LogP contribution in [0.3, 0.4) is 0 Å². The average molecular weight is 1440 g/mol. The fourth-order valence-electron chi connectivity index (χ4n) is 12.1. The zero-order valence-electron chi connectivity index (χ0n) is 64.3. The highest BCUT2D eigenvalue weighted by Crippen LogP contribution is 2.45. The second-order valence-electron chi connectivity index (χ2n) is 29.6. The molecule has 0 aromatic heterocycles. The molecule has 0 aliphatic heterocycles. The highest BCUT2D eigenvalue weighted by molar-refractivity contribution is 7.47. The summed E-state index contributed by atoms with van der Waals surface area (Å²) in [5, 5.41) is 10.6. The van der Waals surface area contributed by atoms with E-state index in [9.17, 15) is 43.2 Å². The molecule has 19 heteroatoms. The van der Waals surface area contributed by atoms with Crippen LogP contribution in [-0.2, 0) is 65.4 Å². The van der Waals surface area contributed by atoms with Gasteiger partial charge in [-0.25, -0.2) is 9.13 Å². The molecule has 0 amide bonds. The summed E-state index contributed by atoms with van der Waals surface area (Å²) in [6.45, 7) is 12.0. The van der Waals surface area contributed by atoms with Crippen LogP contribution in [0.2, 0.25) is 0 Å². The van der Waals surface area contributed by atoms with Gasteiger partial charge in [0.1, 0.15) is 19.3 Å². The Hall–Kier alpha value is -1.94. The fraction of sp³-hybridized carbons (Fsp3) is 0.949. The summed E-state index contributed by atoms with van der Waals surface area (Å²) >= 11 is 0. The van der Waals surface area contributed by atoms with Gasteiger partial charge < -0.3 is 33.8 Å². The molecule has 3 N–H and O–H groups in total. The van der Waals surface area contributed by atoms with Crippen molar-refractivity contribution >= 4 is 39.5 Å². The monoisotopic (exact) mass is 1440 g/mol. The minimum absolute atomic E-state index is 0.107. The van der Waals surface area contributed by atoms with Crippen LogP contribution < -0.4 is 0 Å². The summed E-state index contributed by atoms with van der Waals surface area (Å²) in [6, 6.07) is 0. The van der Waals surface area contributed by atoms with Crippen molar-refractivity contribution in [3.05, 3.63) is 0 Å². The van der Waals surface area contributed by atoms with E-state index in [1.807, 2.05) is 0 Å². The summed E-state index contributed by atoms with van der Waals surface area (Å²) in [7, 11) is -9.91. The van der Waals surface area contributed by atoms with E-state index in [0.717, 1.165) is 114 Å². The Morgan fingerprint density at radius 2 is 0.520 bits per heavy atom. The number of carbonyl (C=O) groups excluding carboxylic acids is 4. The van der Waals surface area contributed by atoms with Gasteiger partial charge in [-0.15, -0.1) is 0 Å². The summed E-state index contributed by atoms with van der Waals surface area (Å²) in [6.07, 6.45) is 56.8. The number of hydrogen-bond donors (Lipinski definition) is 3. The molecule has 6 atom stereocenters. The highest BCUT2D eigenvalue weighted by atomic mass is 31.2. The number of aliphatic hydroxyl groups excluding tert-OH is 1. The quantitative estimate of drug-likeness (QED) is 0.0222. The van der Waals surface area contributed by atoms with Gasteiger partial charge in [-0.1, -0.05) is 357 Å². The molecule has 98 heavy (non-hydrogen) atoms. The van der Waals surface area contributed by atoms with Gasteiger partial charge >= 0.3 is 39.5 Å². The minimum atomic E-state index is -4.96. The van der Waals surface area contributed by atoms with Crippen LogP contribution in [0.4, 0.5) is 0 Å². The van der Waals surface area contributed by atoms with Crippen molar-refractivity contribution in [3.63, 3.8) is 0 Å². The Balaban J connectivity index is 5.22. The molecular weight excluding hydrogens is 1280 g/mol. The molecule has 3 unspecified atom stereocenters. The molecule has 0 fully saturated rings. The number of carbonyl (C=O) groups is 4. The topological polar surface area (TPSA) is 237 Å². The van der Waals surface area contributed by atoms with Gasteiger partial charge in [0.05, 0.1) is 26.4 Å². The molecular formula is C79H154O17P2. The Morgan fingerprint density at radius 1 is 0.296 bits per heavy atom. The predicted octanol–water partition coefficient (Wildman–Crippen LogP) is 23.4. The molecule has 0 aromatic rings. The van der Waals surface area contributed by atoms with Crippen molar-refractivity contribution in [3.8, 4) is 0 Å². The number of phosphoric acid groups is 2. The Morgan fingerprint density at radius 3 is 0.776 bits per heavy atom. The average Bonchev–Trinajstić information content (AvgIpc) is 0.950. The largest absolute Gasteiger partial charge is 0.472 e. The molecule has 0 aromatic carbocycles. The summed E-state index contributed by atoms with van der Waals surface area (Å²) < 4.78 is 68.6. The smallest absolute Gasteiger partial charge is 0.462 e. The molecule has 0 radical (unpaired) electrons. The summed E-state index contributed by atoms with van der Waals surface area (Å²) in [5.74, 6) is 0.309. The van der Waals surface area contributed by atoms with E-state index in [1.54, 1.807) is 0 Å². The van der Waals surface area contributed by atoms with Crippen LogP contribution >= 0.6 is 15.6 Å². The SMILES string of the molecule is CCCCCCCCCCC(=O)OC[C@H](COP(=O)(O)OC[C@H](O)COP(=O)(O)OC[C@@H](COC(=O)CCCCCCCCCCCCCCCC(C)C)OC(=O)CCCCCCCCCCCCCCCCC(C)CC)OC(=O)CCCCCCCCCCCCCCCC(C)C. The van der Waals surface area contributed by atoms with Crippen molar-refractivity contribution in [2.75, 3.05) is 39.6 Å². The van der Waals surface area contributed by atoms with E-state index in [0.29, 0.717) is 25.7 Å². The molecule has 0 aliphatic carbocycles. The molecule has 0 spiro atoms. The molecule has 582 valence electrons. The zero-order chi connectivity index (χ0) is 72.3. The Bertz CT molecular complexity index is 1910. The molecule has 17 nitrogen and oxygen atoms in total. The van der Waals surface area contributed by atoms with Crippen LogP contribution in [-0.4, -0.2) is 96.7 Å². The van der Waals surface area contributed by atoms with Gasteiger partial charge in [0, 0.05) is 25.7 Å². The first-order valence-electron chi connectivity index (χ1n) is 40.9. The lowest BCUT2D eigenvalue weighted by Gasteiger charge is -2.21.